The molecule has 1 saturated heterocycles. The SMILES string of the molecule is COc1c(C)cc(C)cc1/C(O)=C1\C(=O)C(=O)N(CCN(C)C)C1c1ccc(O)cc1. The lowest BCUT2D eigenvalue weighted by atomic mass is 9.93. The Kier molecular flexibility index (Phi) is 6.36. The Hall–Kier alpha value is -3.32. The number of nitrogens with zero attached hydrogens (tertiary/aromatic N) is 2. The van der Waals surface area contributed by atoms with Gasteiger partial charge in [0.25, 0.3) is 11.7 Å². The Morgan fingerprint density at radius 1 is 1.13 bits per heavy atom. The second-order valence-electron chi connectivity index (χ2n) is 8.05. The Morgan fingerprint density at radius 3 is 2.35 bits per heavy atom. The first-order chi connectivity index (χ1) is 14.6. The van der Waals surface area contributed by atoms with Crippen molar-refractivity contribution in [1.29, 1.82) is 0 Å². The number of likely N-dealkylation sites (N-methyl/N-ethyl adjacent to an activating group) is 1. The van der Waals surface area contributed by atoms with Crippen molar-refractivity contribution in [3.05, 3.63) is 64.2 Å². The lowest BCUT2D eigenvalue weighted by Crippen LogP contribution is -2.35. The molecule has 7 nitrogen and oxygen atoms in total. The van der Waals surface area contributed by atoms with E-state index in [1.807, 2.05) is 38.9 Å². The van der Waals surface area contributed by atoms with Crippen LogP contribution < -0.4 is 4.74 Å². The number of carbonyl (C=O) groups excluding carboxylic acids is 2. The van der Waals surface area contributed by atoms with Gasteiger partial charge in [0.05, 0.1) is 24.3 Å². The molecule has 1 heterocycles. The summed E-state index contributed by atoms with van der Waals surface area (Å²) in [5.74, 6) is -1.15. The van der Waals surface area contributed by atoms with Crippen molar-refractivity contribution < 1.29 is 24.5 Å². The number of likely N-dealkylation sites (tertiary alicyclic amines) is 1. The normalized spacial score (nSPS) is 18.1. The van der Waals surface area contributed by atoms with Crippen molar-refractivity contribution in [2.75, 3.05) is 34.3 Å². The highest BCUT2D eigenvalue weighted by Crippen LogP contribution is 2.41. The van der Waals surface area contributed by atoms with Gasteiger partial charge in [-0.2, -0.15) is 0 Å². The fourth-order valence-corrected chi connectivity index (χ4v) is 3.97. The monoisotopic (exact) mass is 424 g/mol. The van der Waals surface area contributed by atoms with Crippen LogP contribution in [-0.4, -0.2) is 66.0 Å². The number of aryl methyl sites for hydroxylation is 2. The van der Waals surface area contributed by atoms with Crippen LogP contribution in [0, 0.1) is 13.8 Å². The van der Waals surface area contributed by atoms with Crippen LogP contribution in [0.1, 0.15) is 28.3 Å². The molecule has 0 aromatic heterocycles. The minimum Gasteiger partial charge on any atom is -0.508 e. The molecule has 3 rings (SSSR count). The molecule has 2 N–H and O–H groups in total. The average Bonchev–Trinajstić information content (AvgIpc) is 2.96. The Labute approximate surface area is 182 Å². The number of Topliss-reactive ketones (excluding diaryl/α,β-unsaturated/α-hetero) is 1. The van der Waals surface area contributed by atoms with E-state index < -0.39 is 17.7 Å². The van der Waals surface area contributed by atoms with Crippen LogP contribution in [0.2, 0.25) is 0 Å². The van der Waals surface area contributed by atoms with Crippen molar-refractivity contribution in [1.82, 2.24) is 9.80 Å². The van der Waals surface area contributed by atoms with Crippen molar-refractivity contribution in [2.45, 2.75) is 19.9 Å². The van der Waals surface area contributed by atoms with Gasteiger partial charge in [-0.05, 0) is 62.8 Å². The number of ether oxygens (including phenoxy) is 1. The highest BCUT2D eigenvalue weighted by atomic mass is 16.5. The molecular weight excluding hydrogens is 396 g/mol. The van der Waals surface area contributed by atoms with Gasteiger partial charge in [-0.25, -0.2) is 0 Å². The van der Waals surface area contributed by atoms with Crippen molar-refractivity contribution in [2.24, 2.45) is 0 Å². The van der Waals surface area contributed by atoms with Crippen LogP contribution in [0.25, 0.3) is 5.76 Å². The number of benzene rings is 2. The fourth-order valence-electron chi connectivity index (χ4n) is 3.97. The number of methoxy groups -OCH3 is 1. The average molecular weight is 424 g/mol. The summed E-state index contributed by atoms with van der Waals surface area (Å²) in [4.78, 5) is 29.4. The van der Waals surface area contributed by atoms with E-state index in [0.29, 0.717) is 30.0 Å². The van der Waals surface area contributed by atoms with E-state index in [1.165, 1.54) is 24.1 Å². The molecule has 31 heavy (non-hydrogen) atoms. The first kappa shape index (κ1) is 22.4. The molecule has 7 heteroatoms. The highest BCUT2D eigenvalue weighted by molar-refractivity contribution is 6.46. The predicted octanol–water partition coefficient (Wildman–Crippen LogP) is 3.00. The number of phenols is 1. The summed E-state index contributed by atoms with van der Waals surface area (Å²) < 4.78 is 5.49. The maximum absolute atomic E-state index is 13.1. The maximum Gasteiger partial charge on any atom is 0.295 e. The third-order valence-electron chi connectivity index (χ3n) is 5.42. The largest absolute Gasteiger partial charge is 0.508 e. The van der Waals surface area contributed by atoms with Crippen LogP contribution in [0.4, 0.5) is 0 Å². The summed E-state index contributed by atoms with van der Waals surface area (Å²) in [6.07, 6.45) is 0. The summed E-state index contributed by atoms with van der Waals surface area (Å²) in [6, 6.07) is 9.19. The summed E-state index contributed by atoms with van der Waals surface area (Å²) in [5.41, 5.74) is 2.71. The first-order valence-corrected chi connectivity index (χ1v) is 10.0. The highest BCUT2D eigenvalue weighted by Gasteiger charge is 2.46. The standard InChI is InChI=1S/C24H28N2O5/c1-14-12-15(2)23(31-5)18(13-14)21(28)19-20(16-6-8-17(27)9-7-16)26(11-10-25(3)4)24(30)22(19)29/h6-9,12-13,20,27-28H,10-11H2,1-5H3/b21-19+. The lowest BCUT2D eigenvalue weighted by molar-refractivity contribution is -0.140. The number of rotatable bonds is 6. The van der Waals surface area contributed by atoms with Crippen LogP contribution in [0.15, 0.2) is 42.0 Å². The van der Waals surface area contributed by atoms with E-state index in [1.54, 1.807) is 18.2 Å². The van der Waals surface area contributed by atoms with Crippen LogP contribution >= 0.6 is 0 Å². The number of aliphatic hydroxyl groups is 1. The minimum atomic E-state index is -0.772. The molecule has 2 aromatic rings. The molecule has 2 aromatic carbocycles. The van der Waals surface area contributed by atoms with E-state index in [0.717, 1.165) is 11.1 Å². The summed E-state index contributed by atoms with van der Waals surface area (Å²) in [5, 5.41) is 21.0. The summed E-state index contributed by atoms with van der Waals surface area (Å²) >= 11 is 0. The number of ketones is 1. The third kappa shape index (κ3) is 4.27. The quantitative estimate of drug-likeness (QED) is 0.421. The molecule has 0 radical (unpaired) electrons. The van der Waals surface area contributed by atoms with Gasteiger partial charge in [0.15, 0.2) is 0 Å². The number of carbonyl (C=O) groups is 2. The topological polar surface area (TPSA) is 90.3 Å². The number of aliphatic hydroxyl groups excluding tert-OH is 1. The second-order valence-corrected chi connectivity index (χ2v) is 8.05. The van der Waals surface area contributed by atoms with E-state index in [-0.39, 0.29) is 17.1 Å². The summed E-state index contributed by atoms with van der Waals surface area (Å²) in [6.45, 7) is 4.60. The van der Waals surface area contributed by atoms with Crippen LogP contribution in [0.5, 0.6) is 11.5 Å². The maximum atomic E-state index is 13.1. The molecule has 0 saturated carbocycles. The zero-order valence-electron chi connectivity index (χ0n) is 18.5. The van der Waals surface area contributed by atoms with Crippen LogP contribution in [0.3, 0.4) is 0 Å². The van der Waals surface area contributed by atoms with Crippen molar-refractivity contribution >= 4 is 17.4 Å². The van der Waals surface area contributed by atoms with E-state index in [2.05, 4.69) is 0 Å². The minimum absolute atomic E-state index is 0.0118. The number of hydrogen-bond acceptors (Lipinski definition) is 6. The number of amides is 1. The molecule has 1 unspecified atom stereocenters. The van der Waals surface area contributed by atoms with Gasteiger partial charge in [0.1, 0.15) is 17.3 Å². The van der Waals surface area contributed by atoms with Gasteiger partial charge >= 0.3 is 0 Å². The molecule has 0 aliphatic carbocycles. The number of hydrogen-bond donors (Lipinski definition) is 2. The Morgan fingerprint density at radius 2 is 1.77 bits per heavy atom. The lowest BCUT2D eigenvalue weighted by Gasteiger charge is -2.26. The molecule has 0 spiro atoms. The zero-order chi connectivity index (χ0) is 22.9. The Balaban J connectivity index is 2.23. The molecule has 1 fully saturated rings. The molecule has 164 valence electrons. The molecule has 1 amide bonds. The van der Waals surface area contributed by atoms with Gasteiger partial charge in [-0.1, -0.05) is 18.2 Å². The first-order valence-electron chi connectivity index (χ1n) is 10.0. The molecule has 0 bridgehead atoms. The smallest absolute Gasteiger partial charge is 0.295 e. The van der Waals surface area contributed by atoms with E-state index in [9.17, 15) is 19.8 Å². The second kappa shape index (κ2) is 8.81. The predicted molar refractivity (Wildman–Crippen MR) is 118 cm³/mol. The molecular formula is C24H28N2O5. The third-order valence-corrected chi connectivity index (χ3v) is 5.42. The van der Waals surface area contributed by atoms with Crippen LogP contribution in [-0.2, 0) is 9.59 Å². The van der Waals surface area contributed by atoms with Gasteiger partial charge in [0, 0.05) is 13.1 Å². The van der Waals surface area contributed by atoms with E-state index >= 15 is 0 Å². The van der Waals surface area contributed by atoms with E-state index in [4.69, 9.17) is 4.74 Å². The number of aromatic hydroxyl groups is 1. The van der Waals surface area contributed by atoms with Crippen molar-refractivity contribution in [3.8, 4) is 11.5 Å². The molecule has 1 aliphatic rings. The molecule has 1 atom stereocenters. The van der Waals surface area contributed by atoms with Crippen molar-refractivity contribution in [3.63, 3.8) is 0 Å². The molecule has 1 aliphatic heterocycles. The van der Waals surface area contributed by atoms with Gasteiger partial charge < -0.3 is 24.7 Å². The van der Waals surface area contributed by atoms with Gasteiger partial charge in [-0.3, -0.25) is 9.59 Å². The zero-order valence-corrected chi connectivity index (χ0v) is 18.5. The van der Waals surface area contributed by atoms with Gasteiger partial charge in [0.2, 0.25) is 0 Å². The summed E-state index contributed by atoms with van der Waals surface area (Å²) in [7, 11) is 5.26. The Bertz CT molecular complexity index is 1040. The van der Waals surface area contributed by atoms with Gasteiger partial charge in [-0.15, -0.1) is 0 Å². The number of phenolic OH excluding ortho intramolecular Hbond substituents is 1. The fraction of sp³-hybridized carbons (Fsp3) is 0.333.